The number of aliphatic carboxylic acids is 1. The van der Waals surface area contributed by atoms with Crippen molar-refractivity contribution in [3.63, 3.8) is 0 Å². The first kappa shape index (κ1) is 11.5. The molecular weight excluding hydrogens is 220 g/mol. The average molecular weight is 236 g/mol. The Morgan fingerprint density at radius 1 is 1.44 bits per heavy atom. The minimum absolute atomic E-state index is 0.291. The molecule has 0 spiro atoms. The summed E-state index contributed by atoms with van der Waals surface area (Å²) in [6.45, 7) is 2.11. The molecule has 1 aromatic carbocycles. The van der Waals surface area contributed by atoms with E-state index in [2.05, 4.69) is 6.92 Å². The second-order valence-corrected chi connectivity index (χ2v) is 5.49. The second-order valence-electron chi connectivity index (χ2n) is 4.16. The lowest BCUT2D eigenvalue weighted by Crippen LogP contribution is -2.13. The maximum Gasteiger partial charge on any atom is 0.311 e. The van der Waals surface area contributed by atoms with Crippen LogP contribution in [0.3, 0.4) is 0 Å². The molecule has 1 saturated carbocycles. The predicted molar refractivity (Wildman–Crippen MR) is 65.9 cm³/mol. The molecule has 0 radical (unpaired) electrons. The molecule has 0 saturated heterocycles. The van der Waals surface area contributed by atoms with Gasteiger partial charge in [-0.1, -0.05) is 19.1 Å². The van der Waals surface area contributed by atoms with Crippen LogP contribution in [-0.2, 0) is 4.79 Å². The Morgan fingerprint density at radius 3 is 2.50 bits per heavy atom. The van der Waals surface area contributed by atoms with E-state index in [0.717, 1.165) is 24.2 Å². The third-order valence-electron chi connectivity index (χ3n) is 2.91. The van der Waals surface area contributed by atoms with Crippen molar-refractivity contribution in [1.82, 2.24) is 0 Å². The van der Waals surface area contributed by atoms with Crippen LogP contribution in [0.5, 0.6) is 0 Å². The summed E-state index contributed by atoms with van der Waals surface area (Å²) in [6, 6.07) is 7.99. The van der Waals surface area contributed by atoms with Crippen molar-refractivity contribution >= 4 is 17.7 Å². The third-order valence-corrected chi connectivity index (χ3v) is 3.80. The summed E-state index contributed by atoms with van der Waals surface area (Å²) < 4.78 is 0. The summed E-state index contributed by atoms with van der Waals surface area (Å²) in [7, 11) is 0. The Morgan fingerprint density at radius 2 is 2.06 bits per heavy atom. The normalized spacial score (nSPS) is 17.1. The van der Waals surface area contributed by atoms with Gasteiger partial charge < -0.3 is 5.11 Å². The van der Waals surface area contributed by atoms with Crippen LogP contribution < -0.4 is 0 Å². The predicted octanol–water partition coefficient (Wildman–Crippen LogP) is 3.38. The van der Waals surface area contributed by atoms with E-state index in [0.29, 0.717) is 5.92 Å². The van der Waals surface area contributed by atoms with Crippen molar-refractivity contribution in [2.75, 3.05) is 5.75 Å². The zero-order valence-corrected chi connectivity index (χ0v) is 10.2. The number of carbonyl (C=O) groups is 1. The maximum absolute atomic E-state index is 11.2. The molecule has 0 heterocycles. The van der Waals surface area contributed by atoms with Crippen molar-refractivity contribution < 1.29 is 9.90 Å². The van der Waals surface area contributed by atoms with Gasteiger partial charge in [0.15, 0.2) is 0 Å². The Hall–Kier alpha value is -0.960. The molecular formula is C13H16O2S. The third kappa shape index (κ3) is 2.59. The van der Waals surface area contributed by atoms with Gasteiger partial charge in [-0.2, -0.15) is 0 Å². The number of hydrogen-bond acceptors (Lipinski definition) is 2. The van der Waals surface area contributed by atoms with Gasteiger partial charge in [-0.15, -0.1) is 11.8 Å². The lowest BCUT2D eigenvalue weighted by Gasteiger charge is -2.11. The molecule has 0 aromatic heterocycles. The summed E-state index contributed by atoms with van der Waals surface area (Å²) >= 11 is 1.78. The van der Waals surface area contributed by atoms with Crippen LogP contribution in [0.25, 0.3) is 0 Å². The Kier molecular flexibility index (Phi) is 3.54. The first-order valence-electron chi connectivity index (χ1n) is 5.68. The molecule has 1 unspecified atom stereocenters. The van der Waals surface area contributed by atoms with Crippen molar-refractivity contribution in [2.24, 2.45) is 5.92 Å². The minimum atomic E-state index is -0.682. The van der Waals surface area contributed by atoms with Gasteiger partial charge in [0.05, 0.1) is 5.92 Å². The number of benzene rings is 1. The highest BCUT2D eigenvalue weighted by molar-refractivity contribution is 7.99. The van der Waals surface area contributed by atoms with E-state index in [1.54, 1.807) is 11.8 Å². The van der Waals surface area contributed by atoms with E-state index >= 15 is 0 Å². The SMILES string of the molecule is CCSc1ccc(C(C(=O)O)C2CC2)cc1. The highest BCUT2D eigenvalue weighted by Gasteiger charge is 2.37. The van der Waals surface area contributed by atoms with Gasteiger partial charge in [0.1, 0.15) is 0 Å². The van der Waals surface area contributed by atoms with Crippen LogP contribution >= 0.6 is 11.8 Å². The molecule has 3 heteroatoms. The molecule has 1 aromatic rings. The van der Waals surface area contributed by atoms with Gasteiger partial charge >= 0.3 is 5.97 Å². The summed E-state index contributed by atoms with van der Waals surface area (Å²) in [4.78, 5) is 12.4. The topological polar surface area (TPSA) is 37.3 Å². The van der Waals surface area contributed by atoms with Crippen molar-refractivity contribution in [1.29, 1.82) is 0 Å². The summed E-state index contributed by atoms with van der Waals surface area (Å²) in [5.74, 6) is 0.436. The highest BCUT2D eigenvalue weighted by Crippen LogP contribution is 2.42. The largest absolute Gasteiger partial charge is 0.481 e. The van der Waals surface area contributed by atoms with Crippen molar-refractivity contribution in [3.8, 4) is 0 Å². The molecule has 1 aliphatic carbocycles. The number of carboxylic acids is 1. The smallest absolute Gasteiger partial charge is 0.311 e. The fourth-order valence-electron chi connectivity index (χ4n) is 1.98. The van der Waals surface area contributed by atoms with Gasteiger partial charge in [0.25, 0.3) is 0 Å². The van der Waals surface area contributed by atoms with E-state index in [1.165, 1.54) is 4.90 Å². The van der Waals surface area contributed by atoms with Gasteiger partial charge in [0, 0.05) is 4.90 Å². The van der Waals surface area contributed by atoms with E-state index < -0.39 is 5.97 Å². The molecule has 1 N–H and O–H groups in total. The van der Waals surface area contributed by atoms with E-state index in [9.17, 15) is 9.90 Å². The van der Waals surface area contributed by atoms with Crippen LogP contribution in [-0.4, -0.2) is 16.8 Å². The Labute approximate surface area is 100 Å². The van der Waals surface area contributed by atoms with E-state index in [1.807, 2.05) is 24.3 Å². The molecule has 0 aliphatic heterocycles. The first-order chi connectivity index (χ1) is 7.72. The van der Waals surface area contributed by atoms with Crippen LogP contribution in [0.2, 0.25) is 0 Å². The number of carboxylic acid groups (broad SMARTS) is 1. The van der Waals surface area contributed by atoms with Crippen LogP contribution in [0, 0.1) is 5.92 Å². The first-order valence-corrected chi connectivity index (χ1v) is 6.66. The molecule has 16 heavy (non-hydrogen) atoms. The van der Waals surface area contributed by atoms with Crippen LogP contribution in [0.1, 0.15) is 31.2 Å². The monoisotopic (exact) mass is 236 g/mol. The Balaban J connectivity index is 2.15. The number of rotatable bonds is 5. The van der Waals surface area contributed by atoms with Crippen molar-refractivity contribution in [3.05, 3.63) is 29.8 Å². The molecule has 2 rings (SSSR count). The minimum Gasteiger partial charge on any atom is -0.481 e. The lowest BCUT2D eigenvalue weighted by atomic mass is 9.94. The highest BCUT2D eigenvalue weighted by atomic mass is 32.2. The van der Waals surface area contributed by atoms with Crippen LogP contribution in [0.4, 0.5) is 0 Å². The van der Waals surface area contributed by atoms with E-state index in [-0.39, 0.29) is 5.92 Å². The zero-order chi connectivity index (χ0) is 11.5. The van der Waals surface area contributed by atoms with Crippen molar-refractivity contribution in [2.45, 2.75) is 30.6 Å². The standard InChI is InChI=1S/C13H16O2S/c1-2-16-11-7-5-10(6-8-11)12(13(14)15)9-3-4-9/h5-9,12H,2-4H2,1H3,(H,14,15). The van der Waals surface area contributed by atoms with Gasteiger partial charge in [-0.05, 0) is 42.2 Å². The van der Waals surface area contributed by atoms with Gasteiger partial charge in [0.2, 0.25) is 0 Å². The molecule has 1 aliphatic rings. The molecule has 1 atom stereocenters. The zero-order valence-electron chi connectivity index (χ0n) is 9.35. The number of hydrogen-bond donors (Lipinski definition) is 1. The fourth-order valence-corrected chi connectivity index (χ4v) is 2.65. The van der Waals surface area contributed by atoms with E-state index in [4.69, 9.17) is 0 Å². The second kappa shape index (κ2) is 4.91. The lowest BCUT2D eigenvalue weighted by molar-refractivity contribution is -0.139. The van der Waals surface area contributed by atoms with Crippen LogP contribution in [0.15, 0.2) is 29.2 Å². The van der Waals surface area contributed by atoms with Gasteiger partial charge in [-0.3, -0.25) is 4.79 Å². The summed E-state index contributed by atoms with van der Waals surface area (Å²) in [6.07, 6.45) is 2.12. The van der Waals surface area contributed by atoms with Gasteiger partial charge in [-0.25, -0.2) is 0 Å². The molecule has 0 bridgehead atoms. The Bertz CT molecular complexity index is 368. The maximum atomic E-state index is 11.2. The fraction of sp³-hybridized carbons (Fsp3) is 0.462. The average Bonchev–Trinajstić information content (AvgIpc) is 3.05. The molecule has 1 fully saturated rings. The summed E-state index contributed by atoms with van der Waals surface area (Å²) in [5, 5.41) is 9.20. The summed E-state index contributed by atoms with van der Waals surface area (Å²) in [5.41, 5.74) is 0.954. The molecule has 2 nitrogen and oxygen atoms in total. The quantitative estimate of drug-likeness (QED) is 0.796. The molecule has 86 valence electrons. The molecule has 0 amide bonds. The number of thioether (sulfide) groups is 1.